The second-order valence-electron chi connectivity index (χ2n) is 13.1. The third-order valence-electron chi connectivity index (χ3n) is 9.27. The van der Waals surface area contributed by atoms with E-state index in [1.165, 1.54) is 12.1 Å². The first-order valence-electron chi connectivity index (χ1n) is 15.8. The van der Waals surface area contributed by atoms with Crippen LogP contribution in [-0.4, -0.2) is 47.8 Å². The number of carbonyl (C=O) groups excluding carboxylic acids is 2. The van der Waals surface area contributed by atoms with E-state index in [9.17, 15) is 50.1 Å². The van der Waals surface area contributed by atoms with Crippen LogP contribution in [0.3, 0.4) is 0 Å². The molecule has 0 radical (unpaired) electrons. The number of phenols is 5. The van der Waals surface area contributed by atoms with E-state index in [0.717, 1.165) is 12.1 Å². The lowest BCUT2D eigenvalue weighted by atomic mass is 9.76. The van der Waals surface area contributed by atoms with Gasteiger partial charge in [-0.1, -0.05) is 39.8 Å². The van der Waals surface area contributed by atoms with Gasteiger partial charge in [0.1, 0.15) is 34.1 Å². The maximum atomic E-state index is 13.9. The van der Waals surface area contributed by atoms with Gasteiger partial charge in [-0.2, -0.15) is 0 Å². The van der Waals surface area contributed by atoms with Crippen LogP contribution in [0.4, 0.5) is 0 Å². The van der Waals surface area contributed by atoms with Crippen LogP contribution in [0.1, 0.15) is 77.4 Å². The van der Waals surface area contributed by atoms with Crippen molar-refractivity contribution in [2.24, 2.45) is 5.92 Å². The highest BCUT2D eigenvalue weighted by Crippen LogP contribution is 2.54. The van der Waals surface area contributed by atoms with Crippen molar-refractivity contribution in [3.05, 3.63) is 85.5 Å². The quantitative estimate of drug-likeness (QED) is 0.0421. The highest BCUT2D eigenvalue weighted by atomic mass is 16.4. The van der Waals surface area contributed by atoms with Crippen molar-refractivity contribution in [3.8, 4) is 45.6 Å². The van der Waals surface area contributed by atoms with Gasteiger partial charge in [0.15, 0.2) is 23.5 Å². The maximum Gasteiger partial charge on any atom is 0.347 e. The van der Waals surface area contributed by atoms with Crippen LogP contribution in [0, 0.1) is 19.8 Å². The monoisotopic (exact) mass is 678 g/mol. The van der Waals surface area contributed by atoms with E-state index in [1.54, 1.807) is 53.7 Å². The van der Waals surface area contributed by atoms with E-state index in [0.29, 0.717) is 28.4 Å². The molecule has 1 aromatic heterocycles. The first kappa shape index (κ1) is 33.7. The minimum Gasteiger partial charge on any atom is -0.508 e. The van der Waals surface area contributed by atoms with Crippen LogP contribution in [0.15, 0.2) is 45.3 Å². The summed E-state index contributed by atoms with van der Waals surface area (Å²) in [7, 11) is 0. The number of hydrogen-bond acceptors (Lipinski definition) is 11. The molecule has 0 saturated heterocycles. The van der Waals surface area contributed by atoms with E-state index in [1.807, 2.05) is 0 Å². The van der Waals surface area contributed by atoms with Crippen LogP contribution < -0.4 is 5.63 Å². The van der Waals surface area contributed by atoms with Gasteiger partial charge in [0.25, 0.3) is 0 Å². The molecular formula is C39H34O11. The Hall–Kier alpha value is -6.23. The smallest absolute Gasteiger partial charge is 0.347 e. The van der Waals surface area contributed by atoms with E-state index in [4.69, 9.17) is 4.42 Å². The van der Waals surface area contributed by atoms with Gasteiger partial charge in [-0.3, -0.25) is 9.59 Å². The molecule has 1 heterocycles. The summed E-state index contributed by atoms with van der Waals surface area (Å²) in [6.07, 6.45) is 1.32. The van der Waals surface area contributed by atoms with Crippen molar-refractivity contribution in [1.29, 1.82) is 0 Å². The molecule has 11 nitrogen and oxygen atoms in total. The number of benzene rings is 4. The first-order chi connectivity index (χ1) is 23.5. The van der Waals surface area contributed by atoms with Crippen molar-refractivity contribution in [1.82, 2.24) is 0 Å². The van der Waals surface area contributed by atoms with Gasteiger partial charge in [0.05, 0.1) is 10.9 Å². The Bertz CT molecular complexity index is 2480. The zero-order valence-corrected chi connectivity index (χ0v) is 28.0. The highest BCUT2D eigenvalue weighted by molar-refractivity contribution is 6.37. The molecule has 0 bridgehead atoms. The molecule has 7 N–H and O–H groups in total. The Morgan fingerprint density at radius 2 is 1.32 bits per heavy atom. The average molecular weight is 679 g/mol. The molecular weight excluding hydrogens is 644 g/mol. The van der Waals surface area contributed by atoms with Crippen molar-refractivity contribution in [2.45, 2.75) is 47.5 Å². The van der Waals surface area contributed by atoms with Gasteiger partial charge in [0.2, 0.25) is 5.78 Å². The molecule has 6 rings (SSSR count). The molecule has 256 valence electrons. The van der Waals surface area contributed by atoms with Gasteiger partial charge in [-0.05, 0) is 66.0 Å². The first-order valence-corrected chi connectivity index (χ1v) is 15.8. The van der Waals surface area contributed by atoms with Crippen molar-refractivity contribution in [2.75, 3.05) is 0 Å². The van der Waals surface area contributed by atoms with Crippen LogP contribution in [0.5, 0.6) is 34.5 Å². The fourth-order valence-corrected chi connectivity index (χ4v) is 7.07. The van der Waals surface area contributed by atoms with Crippen molar-refractivity contribution < 1.29 is 49.8 Å². The number of rotatable bonds is 5. The Morgan fingerprint density at radius 3 is 1.94 bits per heavy atom. The number of Topliss-reactive ketones (excluding diaryl/α,β-unsaturated/α-hetero) is 1. The van der Waals surface area contributed by atoms with Crippen LogP contribution in [0.2, 0.25) is 0 Å². The SMILES string of the molecule is Cc1cc2c(c(O)c1-c1c(C)cc3c(C(C)C)c(O)c(O)c(C=O)c3c1O)/C(=C/c1c(O)c3ccc(O)cc3oc1=O)C(=O)C(O)=C2C(C)C. The third kappa shape index (κ3) is 4.76. The van der Waals surface area contributed by atoms with Gasteiger partial charge in [0, 0.05) is 44.9 Å². The average Bonchev–Trinajstić information content (AvgIpc) is 3.03. The Kier molecular flexibility index (Phi) is 7.90. The number of carbonyl (C=O) groups is 2. The molecule has 4 aromatic carbocycles. The molecule has 5 aromatic rings. The molecule has 0 spiro atoms. The predicted octanol–water partition coefficient (Wildman–Crippen LogP) is 7.45. The number of aryl methyl sites for hydroxylation is 2. The summed E-state index contributed by atoms with van der Waals surface area (Å²) in [5.41, 5.74) is -0.818. The molecule has 0 unspecified atom stereocenters. The number of phenolic OH excluding ortho intramolecular Hbond substituents is 5. The lowest BCUT2D eigenvalue weighted by Crippen LogP contribution is -2.19. The largest absolute Gasteiger partial charge is 0.508 e. The lowest BCUT2D eigenvalue weighted by molar-refractivity contribution is -0.112. The molecule has 1 aliphatic rings. The fraction of sp³-hybridized carbons (Fsp3) is 0.205. The van der Waals surface area contributed by atoms with E-state index < -0.39 is 57.4 Å². The minimum absolute atomic E-state index is 0.0459. The van der Waals surface area contributed by atoms with Crippen LogP contribution >= 0.6 is 0 Å². The number of hydrogen-bond donors (Lipinski definition) is 7. The molecule has 0 fully saturated rings. The number of aldehydes is 1. The van der Waals surface area contributed by atoms with Crippen LogP contribution in [0.25, 0.3) is 50.1 Å². The number of aliphatic hydroxyl groups excluding tert-OH is 1. The van der Waals surface area contributed by atoms with Crippen molar-refractivity contribution in [3.63, 3.8) is 0 Å². The van der Waals surface area contributed by atoms with Crippen molar-refractivity contribution >= 4 is 51.0 Å². The molecule has 0 aliphatic heterocycles. The van der Waals surface area contributed by atoms with Crippen LogP contribution in [-0.2, 0) is 4.79 Å². The Balaban J connectivity index is 1.75. The lowest BCUT2D eigenvalue weighted by Gasteiger charge is -2.28. The molecule has 0 amide bonds. The molecule has 1 aliphatic carbocycles. The zero-order chi connectivity index (χ0) is 36.7. The molecule has 11 heteroatoms. The number of ketones is 1. The zero-order valence-electron chi connectivity index (χ0n) is 28.0. The Morgan fingerprint density at radius 1 is 0.680 bits per heavy atom. The molecule has 50 heavy (non-hydrogen) atoms. The predicted molar refractivity (Wildman–Crippen MR) is 188 cm³/mol. The number of aliphatic hydroxyl groups is 1. The van der Waals surface area contributed by atoms with E-state index >= 15 is 0 Å². The topological polar surface area (TPSA) is 206 Å². The molecule has 0 atom stereocenters. The van der Waals surface area contributed by atoms with Gasteiger partial charge in [-0.15, -0.1) is 0 Å². The van der Waals surface area contributed by atoms with Gasteiger partial charge in [-0.25, -0.2) is 4.79 Å². The summed E-state index contributed by atoms with van der Waals surface area (Å²) in [5.74, 6) is -5.34. The summed E-state index contributed by atoms with van der Waals surface area (Å²) in [5, 5.41) is 78.1. The van der Waals surface area contributed by atoms with E-state index in [-0.39, 0.29) is 67.0 Å². The standard InChI is InChI=1S/C39H34O11/c1-14(2)26-20-9-16(5)28(29-17(6)10-21-27(15(3)4)38(48)34(44)24(13-40)31(21)36(29)46)35(45)30(20)22(33(43)37(26)47)12-23-32(42)19-8-7-18(41)11-25(19)50-39(23)49/h7-15,41-42,44-48H,1-6H3/b22-12-. The summed E-state index contributed by atoms with van der Waals surface area (Å²) in [4.78, 5) is 39.3. The summed E-state index contributed by atoms with van der Waals surface area (Å²) in [6.45, 7) is 10.3. The fourth-order valence-electron chi connectivity index (χ4n) is 7.07. The van der Waals surface area contributed by atoms with E-state index in [2.05, 4.69) is 0 Å². The number of allylic oxidation sites excluding steroid dienone is 2. The number of fused-ring (bicyclic) bond motifs is 3. The maximum absolute atomic E-state index is 13.9. The normalized spacial score (nSPS) is 14.1. The van der Waals surface area contributed by atoms with Gasteiger partial charge < -0.3 is 40.2 Å². The number of aromatic hydroxyl groups is 6. The summed E-state index contributed by atoms with van der Waals surface area (Å²) < 4.78 is 5.32. The summed E-state index contributed by atoms with van der Waals surface area (Å²) in [6, 6.07) is 6.95. The summed E-state index contributed by atoms with van der Waals surface area (Å²) >= 11 is 0. The van der Waals surface area contributed by atoms with Gasteiger partial charge >= 0.3 is 5.63 Å². The molecule has 0 saturated carbocycles. The minimum atomic E-state index is -1.07. The second-order valence-corrected chi connectivity index (χ2v) is 13.1. The Labute approximate surface area is 284 Å². The second kappa shape index (κ2) is 11.7. The third-order valence-corrected chi connectivity index (χ3v) is 9.27. The highest BCUT2D eigenvalue weighted by Gasteiger charge is 2.36.